The predicted molar refractivity (Wildman–Crippen MR) is 346 cm³/mol. The minimum absolute atomic E-state index is 0.185. The Bertz CT molecular complexity index is 1420. The van der Waals surface area contributed by atoms with E-state index in [0.29, 0.717) is 6.42 Å². The van der Waals surface area contributed by atoms with Gasteiger partial charge < -0.3 is 40.3 Å². The minimum atomic E-state index is -1.58. The highest BCUT2D eigenvalue weighted by molar-refractivity contribution is 5.76. The highest BCUT2D eigenvalue weighted by atomic mass is 16.7. The van der Waals surface area contributed by atoms with Crippen LogP contribution >= 0.6 is 0 Å². The van der Waals surface area contributed by atoms with E-state index in [-0.39, 0.29) is 12.5 Å². The van der Waals surface area contributed by atoms with Crippen molar-refractivity contribution in [2.24, 2.45) is 0 Å². The molecule has 0 saturated carbocycles. The number of hydrogen-bond acceptors (Lipinski definition) is 8. The van der Waals surface area contributed by atoms with Crippen LogP contribution in [-0.4, -0.2) is 87.5 Å². The van der Waals surface area contributed by atoms with Gasteiger partial charge >= 0.3 is 0 Å². The lowest BCUT2D eigenvalue weighted by Gasteiger charge is -2.40. The summed E-state index contributed by atoms with van der Waals surface area (Å²) in [6, 6.07) is -0.828. The van der Waals surface area contributed by atoms with Crippen molar-refractivity contribution >= 4 is 5.91 Å². The van der Waals surface area contributed by atoms with E-state index < -0.39 is 49.5 Å². The van der Waals surface area contributed by atoms with Crippen molar-refractivity contribution in [1.29, 1.82) is 0 Å². The average molecular weight is 1140 g/mol. The number of aliphatic hydroxyl groups is 5. The SMILES string of the molecule is CCCCCCCCCC/C=C\CCCCCCCCCCCCCCCCCCCCCCCCCCCCCC(=O)NC(COC1OC(CO)C(O)C(O)C1O)C(O)/C=C/CC/C=C/CC/C=C/CCCCCCCCCCC. The summed E-state index contributed by atoms with van der Waals surface area (Å²) in [4.78, 5) is 13.1. The molecule has 1 saturated heterocycles. The standard InChI is InChI=1S/C72H135NO8/c1-3-5-7-9-11-13-15-17-19-21-23-24-25-26-27-28-29-30-31-32-33-34-35-36-37-38-39-40-41-42-44-46-48-50-52-54-56-58-60-62-68(76)73-65(64-80-72-71(79)70(78)69(77)67(63-74)81-72)66(75)61-59-57-55-53-51-49-47-45-43-22-20-18-16-14-12-10-8-6-4-2/h21,23,43,45,51,53,59,61,65-67,69-72,74-75,77-79H,3-20,22,24-42,44,46-50,52,54-58,60,62-64H2,1-2H3,(H,73,76)/b23-21-,45-43+,53-51+,61-59+. The van der Waals surface area contributed by atoms with Crippen LogP contribution in [0.15, 0.2) is 48.6 Å². The fourth-order valence-electron chi connectivity index (χ4n) is 11.3. The Morgan fingerprint density at radius 3 is 1.04 bits per heavy atom. The van der Waals surface area contributed by atoms with Crippen molar-refractivity contribution in [3.8, 4) is 0 Å². The maximum atomic E-state index is 13.1. The summed E-state index contributed by atoms with van der Waals surface area (Å²) in [5, 5.41) is 54.6. The molecule has 7 atom stereocenters. The first-order valence-corrected chi connectivity index (χ1v) is 35.4. The first-order valence-electron chi connectivity index (χ1n) is 35.4. The molecule has 1 aliphatic heterocycles. The molecule has 1 heterocycles. The fraction of sp³-hybridized carbons (Fsp3) is 0.875. The molecule has 1 aliphatic rings. The number of carbonyl (C=O) groups is 1. The highest BCUT2D eigenvalue weighted by Gasteiger charge is 2.44. The van der Waals surface area contributed by atoms with Gasteiger partial charge in [0.05, 0.1) is 25.4 Å². The molecule has 0 radical (unpaired) electrons. The molecule has 7 unspecified atom stereocenters. The number of ether oxygens (including phenoxy) is 2. The zero-order valence-corrected chi connectivity index (χ0v) is 53.3. The second-order valence-electron chi connectivity index (χ2n) is 24.7. The maximum absolute atomic E-state index is 13.1. The normalized spacial score (nSPS) is 18.6. The molecule has 0 aromatic heterocycles. The quantitative estimate of drug-likeness (QED) is 0.0261. The summed E-state index contributed by atoms with van der Waals surface area (Å²) >= 11 is 0. The molecule has 0 aromatic carbocycles. The van der Waals surface area contributed by atoms with Gasteiger partial charge in [0.25, 0.3) is 0 Å². The summed E-state index contributed by atoms with van der Waals surface area (Å²) in [6.07, 6.45) is 76.7. The average Bonchev–Trinajstić information content (AvgIpc) is 3.48. The van der Waals surface area contributed by atoms with E-state index in [0.717, 1.165) is 44.9 Å². The Hall–Kier alpha value is -1.85. The van der Waals surface area contributed by atoms with Crippen LogP contribution in [0, 0.1) is 0 Å². The zero-order valence-electron chi connectivity index (χ0n) is 53.3. The van der Waals surface area contributed by atoms with E-state index in [1.165, 1.54) is 283 Å². The van der Waals surface area contributed by atoms with Gasteiger partial charge in [-0.1, -0.05) is 319 Å². The molecular weight excluding hydrogens is 1010 g/mol. The molecule has 0 spiro atoms. The van der Waals surface area contributed by atoms with E-state index in [1.807, 2.05) is 6.08 Å². The molecule has 9 nitrogen and oxygen atoms in total. The molecule has 6 N–H and O–H groups in total. The fourth-order valence-corrected chi connectivity index (χ4v) is 11.3. The number of allylic oxidation sites excluding steroid dienone is 7. The molecule has 9 heteroatoms. The van der Waals surface area contributed by atoms with Crippen LogP contribution in [0.1, 0.15) is 348 Å². The topological polar surface area (TPSA) is 149 Å². The Morgan fingerprint density at radius 1 is 0.407 bits per heavy atom. The first kappa shape index (κ1) is 77.2. The number of aliphatic hydroxyl groups excluding tert-OH is 5. The second-order valence-corrected chi connectivity index (χ2v) is 24.7. The van der Waals surface area contributed by atoms with Crippen molar-refractivity contribution in [2.75, 3.05) is 13.2 Å². The molecular formula is C72H135NO8. The van der Waals surface area contributed by atoms with Gasteiger partial charge in [0.1, 0.15) is 24.4 Å². The van der Waals surface area contributed by atoms with E-state index >= 15 is 0 Å². The third-order valence-corrected chi connectivity index (χ3v) is 16.9. The summed E-state index contributed by atoms with van der Waals surface area (Å²) in [5.41, 5.74) is 0. The lowest BCUT2D eigenvalue weighted by molar-refractivity contribution is -0.302. The van der Waals surface area contributed by atoms with Crippen molar-refractivity contribution in [2.45, 2.75) is 391 Å². The van der Waals surface area contributed by atoms with Gasteiger partial charge in [-0.25, -0.2) is 0 Å². The van der Waals surface area contributed by atoms with Gasteiger partial charge in [0, 0.05) is 6.42 Å². The number of nitrogens with one attached hydrogen (secondary N) is 1. The largest absolute Gasteiger partial charge is 0.394 e. The summed E-state index contributed by atoms with van der Waals surface area (Å²) in [5.74, 6) is -0.185. The van der Waals surface area contributed by atoms with E-state index in [4.69, 9.17) is 9.47 Å². The van der Waals surface area contributed by atoms with E-state index in [9.17, 15) is 30.3 Å². The number of carbonyl (C=O) groups excluding carboxylic acids is 1. The number of amides is 1. The summed E-state index contributed by atoms with van der Waals surface area (Å²) in [7, 11) is 0. The first-order chi connectivity index (χ1) is 39.8. The highest BCUT2D eigenvalue weighted by Crippen LogP contribution is 2.23. The van der Waals surface area contributed by atoms with Crippen molar-refractivity contribution < 1.29 is 39.8 Å². The zero-order chi connectivity index (χ0) is 58.6. The van der Waals surface area contributed by atoms with Crippen molar-refractivity contribution in [3.05, 3.63) is 48.6 Å². The lowest BCUT2D eigenvalue weighted by Crippen LogP contribution is -2.60. The monoisotopic (exact) mass is 1140 g/mol. The van der Waals surface area contributed by atoms with Gasteiger partial charge in [-0.05, 0) is 70.6 Å². The Morgan fingerprint density at radius 2 is 0.704 bits per heavy atom. The Balaban J connectivity index is 2.07. The van der Waals surface area contributed by atoms with Crippen LogP contribution in [0.5, 0.6) is 0 Å². The third kappa shape index (κ3) is 50.1. The predicted octanol–water partition coefficient (Wildman–Crippen LogP) is 19.2. The molecule has 1 fully saturated rings. The van der Waals surface area contributed by atoms with Crippen LogP contribution in [-0.2, 0) is 14.3 Å². The molecule has 0 bridgehead atoms. The van der Waals surface area contributed by atoms with Crippen molar-refractivity contribution in [1.82, 2.24) is 5.32 Å². The van der Waals surface area contributed by atoms with E-state index in [1.54, 1.807) is 6.08 Å². The molecule has 0 aromatic rings. The second kappa shape index (κ2) is 61.2. The lowest BCUT2D eigenvalue weighted by atomic mass is 9.99. The van der Waals surface area contributed by atoms with Gasteiger partial charge in [-0.15, -0.1) is 0 Å². The maximum Gasteiger partial charge on any atom is 0.220 e. The molecule has 1 amide bonds. The van der Waals surface area contributed by atoms with Gasteiger partial charge in [0.2, 0.25) is 5.91 Å². The Kier molecular flexibility index (Phi) is 58.3. The smallest absolute Gasteiger partial charge is 0.220 e. The van der Waals surface area contributed by atoms with Gasteiger partial charge in [0.15, 0.2) is 6.29 Å². The molecule has 81 heavy (non-hydrogen) atoms. The third-order valence-electron chi connectivity index (χ3n) is 16.9. The van der Waals surface area contributed by atoms with E-state index in [2.05, 4.69) is 55.6 Å². The minimum Gasteiger partial charge on any atom is -0.394 e. The molecule has 0 aliphatic carbocycles. The van der Waals surface area contributed by atoms with Crippen LogP contribution in [0.4, 0.5) is 0 Å². The van der Waals surface area contributed by atoms with Crippen molar-refractivity contribution in [3.63, 3.8) is 0 Å². The summed E-state index contributed by atoms with van der Waals surface area (Å²) in [6.45, 7) is 3.79. The van der Waals surface area contributed by atoms with Crippen LogP contribution in [0.25, 0.3) is 0 Å². The molecule has 476 valence electrons. The van der Waals surface area contributed by atoms with Crippen LogP contribution < -0.4 is 5.32 Å². The Labute approximate surface area is 501 Å². The molecule has 1 rings (SSSR count). The van der Waals surface area contributed by atoms with Crippen LogP contribution in [0.3, 0.4) is 0 Å². The number of hydrogen-bond donors (Lipinski definition) is 6. The number of rotatable bonds is 62. The number of unbranched alkanes of at least 4 members (excludes halogenated alkanes) is 46. The van der Waals surface area contributed by atoms with Crippen LogP contribution in [0.2, 0.25) is 0 Å². The van der Waals surface area contributed by atoms with Gasteiger partial charge in [-0.2, -0.15) is 0 Å². The summed E-state index contributed by atoms with van der Waals surface area (Å²) < 4.78 is 11.3. The van der Waals surface area contributed by atoms with Gasteiger partial charge in [-0.3, -0.25) is 4.79 Å².